The molecule has 4 rings (SSSR count). The van der Waals surface area contributed by atoms with Gasteiger partial charge in [0.25, 0.3) is 0 Å². The fourth-order valence-electron chi connectivity index (χ4n) is 3.20. The lowest BCUT2D eigenvalue weighted by molar-refractivity contribution is -0.114. The summed E-state index contributed by atoms with van der Waals surface area (Å²) in [5.74, 6) is 0.592. The molecule has 8 heteroatoms. The van der Waals surface area contributed by atoms with Gasteiger partial charge in [0, 0.05) is 24.4 Å². The highest BCUT2D eigenvalue weighted by Crippen LogP contribution is 2.36. The number of carbonyl (C=O) groups is 1. The van der Waals surface area contributed by atoms with Crippen molar-refractivity contribution < 1.29 is 4.79 Å². The predicted molar refractivity (Wildman–Crippen MR) is 110 cm³/mol. The van der Waals surface area contributed by atoms with E-state index in [0.717, 1.165) is 22.4 Å². The zero-order valence-corrected chi connectivity index (χ0v) is 15.8. The Hall–Kier alpha value is -4.25. The SMILES string of the molecule is CC(=O)Nc1cc(-c2c(-c3cccc(C#N)c3)nn3ccc(N)nc23)cc(C)n1. The number of rotatable bonds is 3. The molecule has 3 aromatic heterocycles. The van der Waals surface area contributed by atoms with Crippen molar-refractivity contribution in [2.75, 3.05) is 11.1 Å². The Labute approximate surface area is 166 Å². The summed E-state index contributed by atoms with van der Waals surface area (Å²) in [4.78, 5) is 20.3. The minimum absolute atomic E-state index is 0.210. The first-order chi connectivity index (χ1) is 13.9. The number of pyridine rings is 1. The number of nitrogen functional groups attached to an aromatic ring is 1. The van der Waals surface area contributed by atoms with Gasteiger partial charge in [0.05, 0.1) is 17.2 Å². The summed E-state index contributed by atoms with van der Waals surface area (Å²) in [5.41, 5.74) is 10.7. The monoisotopic (exact) mass is 383 g/mol. The number of nitrogens with two attached hydrogens (primary N) is 1. The minimum Gasteiger partial charge on any atom is -0.384 e. The van der Waals surface area contributed by atoms with Crippen LogP contribution in [0.1, 0.15) is 18.2 Å². The van der Waals surface area contributed by atoms with Gasteiger partial charge in [0.15, 0.2) is 5.65 Å². The molecule has 4 aromatic rings. The van der Waals surface area contributed by atoms with Gasteiger partial charge in [0.1, 0.15) is 17.3 Å². The van der Waals surface area contributed by atoms with Crippen molar-refractivity contribution in [2.24, 2.45) is 0 Å². The van der Waals surface area contributed by atoms with Gasteiger partial charge in [-0.05, 0) is 42.8 Å². The van der Waals surface area contributed by atoms with Gasteiger partial charge >= 0.3 is 0 Å². The second-order valence-corrected chi connectivity index (χ2v) is 6.60. The number of aromatic nitrogens is 4. The van der Waals surface area contributed by atoms with Gasteiger partial charge in [0.2, 0.25) is 5.91 Å². The van der Waals surface area contributed by atoms with Gasteiger partial charge in [-0.3, -0.25) is 4.79 Å². The number of benzene rings is 1. The number of nitriles is 1. The summed E-state index contributed by atoms with van der Waals surface area (Å²) in [6, 6.07) is 14.7. The molecule has 142 valence electrons. The smallest absolute Gasteiger partial charge is 0.222 e. The number of fused-ring (bicyclic) bond motifs is 1. The van der Waals surface area contributed by atoms with Crippen molar-refractivity contribution in [3.63, 3.8) is 0 Å². The normalized spacial score (nSPS) is 10.7. The van der Waals surface area contributed by atoms with Crippen molar-refractivity contribution in [3.8, 4) is 28.5 Å². The van der Waals surface area contributed by atoms with E-state index in [1.807, 2.05) is 25.1 Å². The fourth-order valence-corrected chi connectivity index (χ4v) is 3.20. The number of hydrogen-bond acceptors (Lipinski definition) is 6. The maximum absolute atomic E-state index is 11.5. The molecule has 0 aliphatic carbocycles. The van der Waals surface area contributed by atoms with Gasteiger partial charge < -0.3 is 11.1 Å². The fraction of sp³-hybridized carbons (Fsp3) is 0.0952. The Balaban J connectivity index is 2.02. The largest absolute Gasteiger partial charge is 0.384 e. The highest BCUT2D eigenvalue weighted by molar-refractivity contribution is 5.93. The van der Waals surface area contributed by atoms with Crippen molar-refractivity contribution in [3.05, 3.63) is 59.9 Å². The second-order valence-electron chi connectivity index (χ2n) is 6.60. The number of nitrogens with zero attached hydrogens (tertiary/aromatic N) is 5. The lowest BCUT2D eigenvalue weighted by Gasteiger charge is -2.08. The molecule has 0 bridgehead atoms. The number of amides is 1. The summed E-state index contributed by atoms with van der Waals surface area (Å²) in [7, 11) is 0. The molecule has 1 aromatic carbocycles. The van der Waals surface area contributed by atoms with Crippen LogP contribution in [0.3, 0.4) is 0 Å². The molecule has 3 N–H and O–H groups in total. The Morgan fingerprint density at radius 2 is 2.00 bits per heavy atom. The van der Waals surface area contributed by atoms with Gasteiger partial charge in [-0.1, -0.05) is 12.1 Å². The van der Waals surface area contributed by atoms with Crippen LogP contribution >= 0.6 is 0 Å². The van der Waals surface area contributed by atoms with Crippen LogP contribution in [-0.4, -0.2) is 25.5 Å². The van der Waals surface area contributed by atoms with Gasteiger partial charge in [-0.15, -0.1) is 0 Å². The number of nitrogens with one attached hydrogen (secondary N) is 1. The molecule has 8 nitrogen and oxygen atoms in total. The third-order valence-corrected chi connectivity index (χ3v) is 4.32. The van der Waals surface area contributed by atoms with Crippen LogP contribution in [0.15, 0.2) is 48.7 Å². The molecule has 0 fully saturated rings. The number of aryl methyl sites for hydroxylation is 1. The lowest BCUT2D eigenvalue weighted by atomic mass is 10.00. The Kier molecular flexibility index (Phi) is 4.41. The van der Waals surface area contributed by atoms with Crippen LogP contribution in [-0.2, 0) is 4.79 Å². The molecule has 1 amide bonds. The number of carbonyl (C=O) groups excluding carboxylic acids is 1. The van der Waals surface area contributed by atoms with Crippen LogP contribution in [0.5, 0.6) is 0 Å². The molecule has 0 radical (unpaired) electrons. The van der Waals surface area contributed by atoms with E-state index in [0.29, 0.717) is 28.5 Å². The zero-order valence-electron chi connectivity index (χ0n) is 15.8. The first kappa shape index (κ1) is 18.1. The standard InChI is InChI=1S/C21H17N7O/c1-12-8-16(10-18(24-12)25-13(2)29)19-20(15-5-3-4-14(9-15)11-22)27-28-7-6-17(23)26-21(19)28/h3-10H,1-2H3,(H2,23,26)(H,24,25,29). The van der Waals surface area contributed by atoms with Crippen LogP contribution in [0, 0.1) is 18.3 Å². The van der Waals surface area contributed by atoms with Crippen LogP contribution in [0.25, 0.3) is 28.0 Å². The van der Waals surface area contributed by atoms with Crippen molar-refractivity contribution >= 4 is 23.2 Å². The van der Waals surface area contributed by atoms with Crippen molar-refractivity contribution in [1.29, 1.82) is 5.26 Å². The molecule has 0 aliphatic rings. The molecular formula is C21H17N7O. The van der Waals surface area contributed by atoms with Crippen molar-refractivity contribution in [1.82, 2.24) is 19.6 Å². The van der Waals surface area contributed by atoms with E-state index in [-0.39, 0.29) is 5.91 Å². The van der Waals surface area contributed by atoms with Crippen LogP contribution in [0.4, 0.5) is 11.6 Å². The molecule has 29 heavy (non-hydrogen) atoms. The summed E-state index contributed by atoms with van der Waals surface area (Å²) >= 11 is 0. The molecule has 0 spiro atoms. The van der Waals surface area contributed by atoms with E-state index in [1.165, 1.54) is 6.92 Å². The Bertz CT molecular complexity index is 1300. The summed E-state index contributed by atoms with van der Waals surface area (Å²) in [5, 5.41) is 16.7. The summed E-state index contributed by atoms with van der Waals surface area (Å²) in [6.07, 6.45) is 1.74. The maximum Gasteiger partial charge on any atom is 0.222 e. The average Bonchev–Trinajstić information content (AvgIpc) is 3.05. The molecule has 0 unspecified atom stereocenters. The molecule has 0 atom stereocenters. The minimum atomic E-state index is -0.210. The van der Waals surface area contributed by atoms with E-state index in [2.05, 4.69) is 26.5 Å². The van der Waals surface area contributed by atoms with Crippen LogP contribution < -0.4 is 11.1 Å². The molecule has 0 aliphatic heterocycles. The van der Waals surface area contributed by atoms with E-state index in [4.69, 9.17) is 5.73 Å². The first-order valence-corrected chi connectivity index (χ1v) is 8.86. The summed E-state index contributed by atoms with van der Waals surface area (Å²) in [6.45, 7) is 3.28. The third kappa shape index (κ3) is 3.49. The van der Waals surface area contributed by atoms with E-state index in [1.54, 1.807) is 35.0 Å². The van der Waals surface area contributed by atoms with E-state index < -0.39 is 0 Å². The number of anilines is 2. The second kappa shape index (κ2) is 7.05. The van der Waals surface area contributed by atoms with Gasteiger partial charge in [-0.2, -0.15) is 10.4 Å². The van der Waals surface area contributed by atoms with E-state index in [9.17, 15) is 10.1 Å². The van der Waals surface area contributed by atoms with Crippen LogP contribution in [0.2, 0.25) is 0 Å². The topological polar surface area (TPSA) is 122 Å². The molecule has 0 saturated heterocycles. The maximum atomic E-state index is 11.5. The average molecular weight is 383 g/mol. The summed E-state index contributed by atoms with van der Waals surface area (Å²) < 4.78 is 1.65. The number of hydrogen-bond donors (Lipinski definition) is 2. The highest BCUT2D eigenvalue weighted by atomic mass is 16.1. The molecule has 3 heterocycles. The zero-order chi connectivity index (χ0) is 20.5. The lowest BCUT2D eigenvalue weighted by Crippen LogP contribution is -2.08. The van der Waals surface area contributed by atoms with E-state index >= 15 is 0 Å². The van der Waals surface area contributed by atoms with Gasteiger partial charge in [-0.25, -0.2) is 14.5 Å². The first-order valence-electron chi connectivity index (χ1n) is 8.86. The molecule has 0 saturated carbocycles. The third-order valence-electron chi connectivity index (χ3n) is 4.32. The van der Waals surface area contributed by atoms with Crippen molar-refractivity contribution in [2.45, 2.75) is 13.8 Å². The predicted octanol–water partition coefficient (Wildman–Crippen LogP) is 3.18. The Morgan fingerprint density at radius 3 is 2.76 bits per heavy atom. The highest BCUT2D eigenvalue weighted by Gasteiger charge is 2.19. The Morgan fingerprint density at radius 1 is 1.17 bits per heavy atom. The quantitative estimate of drug-likeness (QED) is 0.560. The molecular weight excluding hydrogens is 366 g/mol.